The number of aliphatic hydroxyl groups is 2. The first-order chi connectivity index (χ1) is 11.9. The highest BCUT2D eigenvalue weighted by molar-refractivity contribution is 5.73. The maximum Gasteiger partial charge on any atom is 0.303 e. The second kappa shape index (κ2) is 8.91. The molecule has 0 unspecified atom stereocenters. The summed E-state index contributed by atoms with van der Waals surface area (Å²) >= 11 is 0. The molecular formula is C17H23NO7. The van der Waals surface area contributed by atoms with Crippen molar-refractivity contribution in [3.05, 3.63) is 35.9 Å². The van der Waals surface area contributed by atoms with Crippen LogP contribution in [0.1, 0.15) is 19.4 Å². The van der Waals surface area contributed by atoms with Crippen LogP contribution >= 0.6 is 0 Å². The normalized spacial score (nSPS) is 29.0. The molecule has 3 N–H and O–H groups in total. The summed E-state index contributed by atoms with van der Waals surface area (Å²) in [7, 11) is 0. The summed E-state index contributed by atoms with van der Waals surface area (Å²) < 4.78 is 16.4. The summed E-state index contributed by atoms with van der Waals surface area (Å²) in [6, 6.07) is 8.38. The number of hydrogen-bond acceptors (Lipinski definition) is 7. The number of hydrogen-bond donors (Lipinski definition) is 3. The van der Waals surface area contributed by atoms with Crippen molar-refractivity contribution in [3.8, 4) is 0 Å². The molecule has 1 heterocycles. The van der Waals surface area contributed by atoms with Crippen molar-refractivity contribution in [2.45, 2.75) is 51.1 Å². The van der Waals surface area contributed by atoms with Crippen LogP contribution in [0.3, 0.4) is 0 Å². The van der Waals surface area contributed by atoms with Gasteiger partial charge in [0.1, 0.15) is 18.2 Å². The number of rotatable bonds is 6. The zero-order valence-corrected chi connectivity index (χ0v) is 14.1. The van der Waals surface area contributed by atoms with Crippen LogP contribution in [-0.2, 0) is 30.4 Å². The lowest BCUT2D eigenvalue weighted by Crippen LogP contribution is -2.65. The number of nitrogens with one attached hydrogen (secondary N) is 1. The van der Waals surface area contributed by atoms with Gasteiger partial charge in [-0.3, -0.25) is 9.59 Å². The minimum atomic E-state index is -1.30. The number of ether oxygens (including phenoxy) is 3. The second-order valence-corrected chi connectivity index (χ2v) is 5.81. The summed E-state index contributed by atoms with van der Waals surface area (Å²) in [5.41, 5.74) is 0.878. The van der Waals surface area contributed by atoms with Gasteiger partial charge in [-0.15, -0.1) is 0 Å². The van der Waals surface area contributed by atoms with Crippen LogP contribution in [-0.4, -0.2) is 59.3 Å². The van der Waals surface area contributed by atoms with Crippen molar-refractivity contribution in [2.75, 3.05) is 6.61 Å². The molecule has 0 saturated carbocycles. The number of benzene rings is 1. The molecule has 5 atom stereocenters. The van der Waals surface area contributed by atoms with E-state index in [1.54, 1.807) is 0 Å². The first-order valence-corrected chi connectivity index (χ1v) is 7.96. The van der Waals surface area contributed by atoms with E-state index in [0.29, 0.717) is 0 Å². The molecule has 0 aliphatic carbocycles. The smallest absolute Gasteiger partial charge is 0.303 e. The average molecular weight is 353 g/mol. The first-order valence-electron chi connectivity index (χ1n) is 7.96. The predicted octanol–water partition coefficient (Wildman–Crippen LogP) is -0.282. The quantitative estimate of drug-likeness (QED) is 0.603. The Labute approximate surface area is 145 Å². The highest BCUT2D eigenvalue weighted by Gasteiger charge is 2.48. The monoisotopic (exact) mass is 353 g/mol. The van der Waals surface area contributed by atoms with E-state index < -0.39 is 49.1 Å². The molecule has 1 aromatic rings. The molecule has 2 rings (SSSR count). The number of amides is 1. The Morgan fingerprint density at radius 1 is 1.24 bits per heavy atom. The number of aliphatic hydroxyl groups excluding tert-OH is 2. The van der Waals surface area contributed by atoms with Crippen LogP contribution in [0.15, 0.2) is 30.3 Å². The molecule has 1 saturated heterocycles. The number of esters is 1. The van der Waals surface area contributed by atoms with Crippen molar-refractivity contribution < 1.29 is 34.0 Å². The van der Waals surface area contributed by atoms with Gasteiger partial charge in [-0.25, -0.2) is 0 Å². The average Bonchev–Trinajstić information content (AvgIpc) is 2.57. The summed E-state index contributed by atoms with van der Waals surface area (Å²) in [6.45, 7) is 2.18. The lowest BCUT2D eigenvalue weighted by molar-refractivity contribution is -0.276. The van der Waals surface area contributed by atoms with E-state index in [4.69, 9.17) is 14.2 Å². The van der Waals surface area contributed by atoms with Gasteiger partial charge in [-0.05, 0) is 5.56 Å². The summed E-state index contributed by atoms with van der Waals surface area (Å²) in [5.74, 6) is -1.02. The first kappa shape index (κ1) is 19.3. The molecule has 0 spiro atoms. The number of carbonyl (C=O) groups is 2. The van der Waals surface area contributed by atoms with E-state index in [1.807, 2.05) is 30.3 Å². The molecule has 138 valence electrons. The van der Waals surface area contributed by atoms with Crippen LogP contribution in [0.5, 0.6) is 0 Å². The fourth-order valence-corrected chi connectivity index (χ4v) is 2.68. The molecule has 1 aliphatic heterocycles. The molecule has 0 bridgehead atoms. The Morgan fingerprint density at radius 3 is 2.48 bits per heavy atom. The van der Waals surface area contributed by atoms with Crippen LogP contribution < -0.4 is 5.32 Å². The van der Waals surface area contributed by atoms with Crippen LogP contribution in [0.25, 0.3) is 0 Å². The van der Waals surface area contributed by atoms with Crippen molar-refractivity contribution >= 4 is 11.9 Å². The fourth-order valence-electron chi connectivity index (χ4n) is 2.68. The van der Waals surface area contributed by atoms with Crippen LogP contribution in [0.4, 0.5) is 0 Å². The van der Waals surface area contributed by atoms with E-state index in [9.17, 15) is 19.8 Å². The van der Waals surface area contributed by atoms with E-state index in [1.165, 1.54) is 13.8 Å². The Morgan fingerprint density at radius 2 is 1.92 bits per heavy atom. The van der Waals surface area contributed by atoms with Crippen molar-refractivity contribution in [3.63, 3.8) is 0 Å². The molecule has 1 aromatic carbocycles. The molecule has 1 amide bonds. The maximum atomic E-state index is 11.5. The molecule has 8 heteroatoms. The largest absolute Gasteiger partial charge is 0.457 e. The molecule has 8 nitrogen and oxygen atoms in total. The Bertz CT molecular complexity index is 580. The van der Waals surface area contributed by atoms with Gasteiger partial charge in [0.15, 0.2) is 12.4 Å². The van der Waals surface area contributed by atoms with E-state index in [2.05, 4.69) is 5.32 Å². The van der Waals surface area contributed by atoms with E-state index in [-0.39, 0.29) is 6.61 Å². The predicted molar refractivity (Wildman–Crippen MR) is 86.1 cm³/mol. The Kier molecular flexibility index (Phi) is 6.89. The Balaban J connectivity index is 2.19. The highest BCUT2D eigenvalue weighted by atomic mass is 16.7. The van der Waals surface area contributed by atoms with Gasteiger partial charge >= 0.3 is 5.97 Å². The highest BCUT2D eigenvalue weighted by Crippen LogP contribution is 2.25. The molecule has 0 aromatic heterocycles. The van der Waals surface area contributed by atoms with Gasteiger partial charge in [0.25, 0.3) is 0 Å². The molecule has 0 radical (unpaired) electrons. The van der Waals surface area contributed by atoms with Crippen molar-refractivity contribution in [1.29, 1.82) is 0 Å². The third kappa shape index (κ3) is 5.23. The van der Waals surface area contributed by atoms with Gasteiger partial charge in [0.2, 0.25) is 5.91 Å². The minimum Gasteiger partial charge on any atom is -0.457 e. The summed E-state index contributed by atoms with van der Waals surface area (Å²) in [5, 5.41) is 22.3. The lowest BCUT2D eigenvalue weighted by Gasteiger charge is -2.43. The molecule has 1 fully saturated rings. The summed E-state index contributed by atoms with van der Waals surface area (Å²) in [4.78, 5) is 22.9. The van der Waals surface area contributed by atoms with Crippen molar-refractivity contribution in [2.24, 2.45) is 0 Å². The third-order valence-electron chi connectivity index (χ3n) is 3.78. The van der Waals surface area contributed by atoms with Gasteiger partial charge in [-0.2, -0.15) is 0 Å². The fraction of sp³-hybridized carbons (Fsp3) is 0.529. The SMILES string of the molecule is CC(=O)N[C@@H]1[C@H](OCc2ccccc2)O[C@@H](CO)[C@@H](O)[C@@H]1OC(C)=O. The van der Waals surface area contributed by atoms with E-state index in [0.717, 1.165) is 5.56 Å². The Hall–Kier alpha value is -2.00. The van der Waals surface area contributed by atoms with Crippen LogP contribution in [0.2, 0.25) is 0 Å². The van der Waals surface area contributed by atoms with Crippen molar-refractivity contribution in [1.82, 2.24) is 5.32 Å². The minimum absolute atomic E-state index is 0.183. The standard InChI is InChI=1S/C17H23NO7/c1-10(20)18-14-16(24-11(2)21)15(22)13(8-19)25-17(14)23-9-12-6-4-3-5-7-12/h3-7,13-17,19,22H,8-9H2,1-2H3,(H,18,20)/t13-,14-,15+,16+,17+/m0/s1. The van der Waals surface area contributed by atoms with Crippen LogP contribution in [0, 0.1) is 0 Å². The second-order valence-electron chi connectivity index (χ2n) is 5.81. The topological polar surface area (TPSA) is 114 Å². The molecule has 1 aliphatic rings. The zero-order valence-electron chi connectivity index (χ0n) is 14.1. The number of carbonyl (C=O) groups excluding carboxylic acids is 2. The maximum absolute atomic E-state index is 11.5. The molecular weight excluding hydrogens is 330 g/mol. The van der Waals surface area contributed by atoms with E-state index >= 15 is 0 Å². The molecule has 25 heavy (non-hydrogen) atoms. The summed E-state index contributed by atoms with van der Waals surface area (Å²) in [6.07, 6.45) is -4.42. The van der Waals surface area contributed by atoms with Gasteiger partial charge < -0.3 is 29.7 Å². The van der Waals surface area contributed by atoms with Gasteiger partial charge in [0, 0.05) is 13.8 Å². The third-order valence-corrected chi connectivity index (χ3v) is 3.78. The van der Waals surface area contributed by atoms with Gasteiger partial charge in [-0.1, -0.05) is 30.3 Å². The zero-order chi connectivity index (χ0) is 18.4. The lowest BCUT2D eigenvalue weighted by atomic mass is 9.96. The van der Waals surface area contributed by atoms with Gasteiger partial charge in [0.05, 0.1) is 13.2 Å².